The molecule has 0 fully saturated rings. The molecule has 6 nitrogen and oxygen atoms in total. The zero-order chi connectivity index (χ0) is 19.8. The molecule has 144 valence electrons. The van der Waals surface area contributed by atoms with E-state index in [0.717, 1.165) is 17.2 Å². The molecule has 2 heterocycles. The molecule has 8 heteroatoms. The van der Waals surface area contributed by atoms with E-state index in [-0.39, 0.29) is 5.69 Å². The summed E-state index contributed by atoms with van der Waals surface area (Å²) >= 11 is 0. The molecule has 28 heavy (non-hydrogen) atoms. The van der Waals surface area contributed by atoms with E-state index in [4.69, 9.17) is 5.73 Å². The number of benzene rings is 1. The van der Waals surface area contributed by atoms with Crippen LogP contribution in [0.2, 0.25) is 0 Å². The van der Waals surface area contributed by atoms with Crippen LogP contribution in [0.25, 0.3) is 22.5 Å². The van der Waals surface area contributed by atoms with Crippen LogP contribution < -0.4 is 5.73 Å². The molecule has 0 saturated carbocycles. The van der Waals surface area contributed by atoms with Gasteiger partial charge in [0.25, 0.3) is 0 Å². The summed E-state index contributed by atoms with van der Waals surface area (Å²) < 4.78 is 28.7. The number of fused-ring (bicyclic) bond motifs is 3. The second-order valence-corrected chi connectivity index (χ2v) is 6.73. The van der Waals surface area contributed by atoms with E-state index in [1.54, 1.807) is 12.3 Å². The number of aromatic nitrogens is 3. The summed E-state index contributed by atoms with van der Waals surface area (Å²) in [6, 6.07) is 4.94. The Bertz CT molecular complexity index is 1060. The number of nitrogens with zero attached hydrogens (tertiary/aromatic N) is 3. The molecule has 4 rings (SSSR count). The number of hydrogen-bond acceptors (Lipinski definition) is 4. The number of aromatic carboxylic acids is 1. The van der Waals surface area contributed by atoms with E-state index >= 15 is 0 Å². The van der Waals surface area contributed by atoms with Gasteiger partial charge in [-0.05, 0) is 49.6 Å². The number of pyridine rings is 1. The normalized spacial score (nSPS) is 12.5. The minimum Gasteiger partial charge on any atom is -0.477 e. The van der Waals surface area contributed by atoms with Gasteiger partial charge in [0.1, 0.15) is 17.3 Å². The van der Waals surface area contributed by atoms with Gasteiger partial charge in [-0.1, -0.05) is 0 Å². The van der Waals surface area contributed by atoms with E-state index in [1.165, 1.54) is 16.8 Å². The van der Waals surface area contributed by atoms with Crippen molar-refractivity contribution in [3.8, 4) is 22.5 Å². The molecule has 0 atom stereocenters. The second-order valence-electron chi connectivity index (χ2n) is 6.73. The van der Waals surface area contributed by atoms with Crippen molar-refractivity contribution in [2.45, 2.75) is 25.8 Å². The minimum absolute atomic E-state index is 0.171. The molecule has 0 bridgehead atoms. The first kappa shape index (κ1) is 18.2. The highest BCUT2D eigenvalue weighted by molar-refractivity contribution is 5.91. The first-order valence-corrected chi connectivity index (χ1v) is 8.96. The number of halogens is 2. The van der Waals surface area contributed by atoms with Crippen LogP contribution in [0.4, 0.5) is 8.78 Å². The highest BCUT2D eigenvalue weighted by Crippen LogP contribution is 2.36. The minimum atomic E-state index is -1.03. The first-order valence-electron chi connectivity index (χ1n) is 8.96. The summed E-state index contributed by atoms with van der Waals surface area (Å²) in [5.41, 5.74) is 9.35. The van der Waals surface area contributed by atoms with Crippen LogP contribution in [-0.2, 0) is 19.4 Å². The SMILES string of the molecule is NCCCn1nc2c(c1C(=O)O)CCc1cnc(-c3cc(F)cc(F)c3)cc1-2. The van der Waals surface area contributed by atoms with Gasteiger partial charge in [0.15, 0.2) is 0 Å². The monoisotopic (exact) mass is 384 g/mol. The average molecular weight is 384 g/mol. The van der Waals surface area contributed by atoms with Gasteiger partial charge < -0.3 is 10.8 Å². The smallest absolute Gasteiger partial charge is 0.354 e. The van der Waals surface area contributed by atoms with E-state index < -0.39 is 17.6 Å². The third-order valence-corrected chi connectivity index (χ3v) is 4.87. The maximum atomic E-state index is 13.6. The van der Waals surface area contributed by atoms with Crippen molar-refractivity contribution in [3.63, 3.8) is 0 Å². The Kier molecular flexibility index (Phi) is 4.64. The van der Waals surface area contributed by atoms with Crippen LogP contribution in [0.3, 0.4) is 0 Å². The third-order valence-electron chi connectivity index (χ3n) is 4.87. The second kappa shape index (κ2) is 7.12. The molecule has 1 aliphatic rings. The molecular formula is C20H18F2N4O2. The fraction of sp³-hybridized carbons (Fsp3) is 0.250. The lowest BCUT2D eigenvalue weighted by molar-refractivity contribution is 0.0681. The van der Waals surface area contributed by atoms with E-state index in [0.29, 0.717) is 54.9 Å². The first-order chi connectivity index (χ1) is 13.5. The van der Waals surface area contributed by atoms with Gasteiger partial charge in [-0.2, -0.15) is 5.10 Å². The lowest BCUT2D eigenvalue weighted by atomic mass is 9.89. The number of rotatable bonds is 5. The lowest BCUT2D eigenvalue weighted by Gasteiger charge is -2.16. The van der Waals surface area contributed by atoms with Crippen molar-refractivity contribution in [1.29, 1.82) is 0 Å². The van der Waals surface area contributed by atoms with Crippen molar-refractivity contribution < 1.29 is 18.7 Å². The van der Waals surface area contributed by atoms with Gasteiger partial charge in [-0.3, -0.25) is 9.67 Å². The molecule has 0 aliphatic heterocycles. The summed E-state index contributed by atoms with van der Waals surface area (Å²) in [5, 5.41) is 14.2. The summed E-state index contributed by atoms with van der Waals surface area (Å²) in [4.78, 5) is 16.1. The quantitative estimate of drug-likeness (QED) is 0.705. The summed E-state index contributed by atoms with van der Waals surface area (Å²) in [7, 11) is 0. The number of carbonyl (C=O) groups is 1. The van der Waals surface area contributed by atoms with E-state index in [1.807, 2.05) is 0 Å². The molecule has 0 radical (unpaired) electrons. The zero-order valence-electron chi connectivity index (χ0n) is 15.0. The predicted molar refractivity (Wildman–Crippen MR) is 98.8 cm³/mol. The van der Waals surface area contributed by atoms with E-state index in [2.05, 4.69) is 10.1 Å². The van der Waals surface area contributed by atoms with Crippen LogP contribution in [0, 0.1) is 11.6 Å². The van der Waals surface area contributed by atoms with Crippen molar-refractivity contribution >= 4 is 5.97 Å². The zero-order valence-corrected chi connectivity index (χ0v) is 15.0. The Hall–Kier alpha value is -3.13. The van der Waals surface area contributed by atoms with Gasteiger partial charge in [-0.25, -0.2) is 13.6 Å². The van der Waals surface area contributed by atoms with Crippen molar-refractivity contribution in [2.75, 3.05) is 6.54 Å². The predicted octanol–water partition coefficient (Wildman–Crippen LogP) is 3.04. The summed E-state index contributed by atoms with van der Waals surface area (Å²) in [6.45, 7) is 0.840. The Labute approximate surface area is 159 Å². The fourth-order valence-electron chi connectivity index (χ4n) is 3.62. The molecule has 1 aromatic carbocycles. The van der Waals surface area contributed by atoms with Crippen LogP contribution in [0.15, 0.2) is 30.5 Å². The summed E-state index contributed by atoms with van der Waals surface area (Å²) in [6.07, 6.45) is 3.44. The Morgan fingerprint density at radius 1 is 1.18 bits per heavy atom. The molecule has 2 aromatic heterocycles. The average Bonchev–Trinajstić information content (AvgIpc) is 3.04. The van der Waals surface area contributed by atoms with Crippen molar-refractivity contribution in [2.24, 2.45) is 5.73 Å². The topological polar surface area (TPSA) is 94.0 Å². The number of hydrogen-bond donors (Lipinski definition) is 2. The Balaban J connectivity index is 1.85. The molecule has 0 amide bonds. The van der Waals surface area contributed by atoms with Crippen molar-refractivity contribution in [3.05, 3.63) is 58.9 Å². The van der Waals surface area contributed by atoms with Crippen LogP contribution >= 0.6 is 0 Å². The highest BCUT2D eigenvalue weighted by atomic mass is 19.1. The Morgan fingerprint density at radius 3 is 2.61 bits per heavy atom. The Morgan fingerprint density at radius 2 is 1.93 bits per heavy atom. The molecule has 0 saturated heterocycles. The molecule has 1 aliphatic carbocycles. The maximum absolute atomic E-state index is 13.6. The molecule has 0 unspecified atom stereocenters. The van der Waals surface area contributed by atoms with Crippen LogP contribution in [-0.4, -0.2) is 32.4 Å². The molecule has 3 aromatic rings. The third kappa shape index (κ3) is 3.16. The standard InChI is InChI=1S/C20H18F2N4O2/c21-13-6-12(7-14(22)8-13)17-9-16-11(10-24-17)2-3-15-18(16)25-26(5-1-4-23)19(15)20(27)28/h6-10H,1-5,23H2,(H,27,28). The summed E-state index contributed by atoms with van der Waals surface area (Å²) in [5.74, 6) is -2.40. The van der Waals surface area contributed by atoms with Crippen LogP contribution in [0.5, 0.6) is 0 Å². The molecule has 0 spiro atoms. The van der Waals surface area contributed by atoms with E-state index in [9.17, 15) is 18.7 Å². The number of carboxylic acid groups (broad SMARTS) is 1. The van der Waals surface area contributed by atoms with Gasteiger partial charge in [-0.15, -0.1) is 0 Å². The largest absolute Gasteiger partial charge is 0.477 e. The fourth-order valence-corrected chi connectivity index (χ4v) is 3.62. The molecular weight excluding hydrogens is 366 g/mol. The lowest BCUT2D eigenvalue weighted by Crippen LogP contribution is -2.14. The van der Waals surface area contributed by atoms with Gasteiger partial charge in [0.05, 0.1) is 11.4 Å². The number of carboxylic acids is 1. The number of aryl methyl sites for hydroxylation is 2. The van der Waals surface area contributed by atoms with Gasteiger partial charge >= 0.3 is 5.97 Å². The van der Waals surface area contributed by atoms with Gasteiger partial charge in [0.2, 0.25) is 0 Å². The maximum Gasteiger partial charge on any atom is 0.354 e. The van der Waals surface area contributed by atoms with Crippen molar-refractivity contribution in [1.82, 2.24) is 14.8 Å². The van der Waals surface area contributed by atoms with Crippen LogP contribution in [0.1, 0.15) is 28.0 Å². The number of nitrogens with two attached hydrogens (primary N) is 1. The highest BCUT2D eigenvalue weighted by Gasteiger charge is 2.28. The molecule has 3 N–H and O–H groups in total. The van der Waals surface area contributed by atoms with Gasteiger partial charge in [0, 0.05) is 35.5 Å².